The van der Waals surface area contributed by atoms with Crippen molar-refractivity contribution in [3.63, 3.8) is 0 Å². The number of imide groups is 1. The van der Waals surface area contributed by atoms with E-state index in [4.69, 9.17) is 0 Å². The third-order valence-corrected chi connectivity index (χ3v) is 3.94. The lowest BCUT2D eigenvalue weighted by Crippen LogP contribution is -2.51. The summed E-state index contributed by atoms with van der Waals surface area (Å²) in [5, 5.41) is 3.19. The van der Waals surface area contributed by atoms with Crippen molar-refractivity contribution in [1.29, 1.82) is 0 Å². The van der Waals surface area contributed by atoms with Crippen LogP contribution in [0.4, 0.5) is 0 Å². The molecule has 0 saturated carbocycles. The van der Waals surface area contributed by atoms with Gasteiger partial charge >= 0.3 is 0 Å². The quantitative estimate of drug-likeness (QED) is 0.805. The summed E-state index contributed by atoms with van der Waals surface area (Å²) >= 11 is 1.58. The molecule has 1 aromatic heterocycles. The predicted octanol–water partition coefficient (Wildman–Crippen LogP) is 0.689. The second-order valence-corrected chi connectivity index (χ2v) is 5.06. The van der Waals surface area contributed by atoms with E-state index < -0.39 is 0 Å². The smallest absolute Gasteiger partial charge is 0.246 e. The molecule has 1 unspecified atom stereocenters. The molecule has 17 heavy (non-hydrogen) atoms. The molecule has 1 aliphatic rings. The minimum atomic E-state index is -0.251. The van der Waals surface area contributed by atoms with Crippen LogP contribution in [0.15, 0.2) is 5.51 Å². The number of rotatable bonds is 3. The van der Waals surface area contributed by atoms with Crippen LogP contribution in [0.2, 0.25) is 0 Å². The first-order valence-corrected chi connectivity index (χ1v) is 6.40. The summed E-state index contributed by atoms with van der Waals surface area (Å²) in [5.74, 6) is -0.231. The van der Waals surface area contributed by atoms with Gasteiger partial charge in [-0.15, -0.1) is 11.3 Å². The minimum Gasteiger partial charge on any atom is -0.301 e. The van der Waals surface area contributed by atoms with Crippen LogP contribution in [0, 0.1) is 6.92 Å². The topological polar surface area (TPSA) is 62.3 Å². The maximum atomic E-state index is 11.8. The van der Waals surface area contributed by atoms with E-state index in [2.05, 4.69) is 10.3 Å². The SMILES string of the molecule is Cc1ncsc1CNC1CCC(=O)N(C)C1=O. The van der Waals surface area contributed by atoms with Gasteiger partial charge in [-0.25, -0.2) is 4.98 Å². The molecule has 1 atom stereocenters. The molecule has 0 aliphatic carbocycles. The van der Waals surface area contributed by atoms with Crippen molar-refractivity contribution >= 4 is 23.2 Å². The summed E-state index contributed by atoms with van der Waals surface area (Å²) in [4.78, 5) is 29.6. The predicted molar refractivity (Wildman–Crippen MR) is 64.5 cm³/mol. The van der Waals surface area contributed by atoms with Crippen LogP contribution in [-0.4, -0.2) is 34.8 Å². The lowest BCUT2D eigenvalue weighted by molar-refractivity contribution is -0.148. The summed E-state index contributed by atoms with van der Waals surface area (Å²) in [6, 6.07) is -0.251. The molecule has 2 heterocycles. The third-order valence-electron chi connectivity index (χ3n) is 3.00. The summed E-state index contributed by atoms with van der Waals surface area (Å²) in [6.07, 6.45) is 1.02. The number of likely N-dealkylation sites (tertiary alicyclic amines) is 1. The average molecular weight is 253 g/mol. The number of amides is 2. The number of nitrogens with one attached hydrogen (secondary N) is 1. The molecule has 5 nitrogen and oxygen atoms in total. The lowest BCUT2D eigenvalue weighted by Gasteiger charge is -2.28. The number of aromatic nitrogens is 1. The Morgan fingerprint density at radius 2 is 2.35 bits per heavy atom. The van der Waals surface area contributed by atoms with E-state index in [0.717, 1.165) is 10.6 Å². The number of likely N-dealkylation sites (N-methyl/N-ethyl adjacent to an activating group) is 1. The Labute approximate surface area is 104 Å². The molecule has 6 heteroatoms. The van der Waals surface area contributed by atoms with Crippen molar-refractivity contribution in [2.75, 3.05) is 7.05 Å². The molecular weight excluding hydrogens is 238 g/mol. The summed E-state index contributed by atoms with van der Waals surface area (Å²) < 4.78 is 0. The first kappa shape index (κ1) is 12.2. The van der Waals surface area contributed by atoms with E-state index in [0.29, 0.717) is 19.4 Å². The van der Waals surface area contributed by atoms with E-state index in [9.17, 15) is 9.59 Å². The molecule has 1 aliphatic heterocycles. The second-order valence-electron chi connectivity index (χ2n) is 4.12. The highest BCUT2D eigenvalue weighted by Crippen LogP contribution is 2.15. The fourth-order valence-electron chi connectivity index (χ4n) is 1.82. The van der Waals surface area contributed by atoms with Crippen LogP contribution in [0.1, 0.15) is 23.4 Å². The molecule has 92 valence electrons. The Bertz CT molecular complexity index is 444. The normalized spacial score (nSPS) is 21.1. The Kier molecular flexibility index (Phi) is 3.54. The Morgan fingerprint density at radius 3 is 3.00 bits per heavy atom. The van der Waals surface area contributed by atoms with Crippen LogP contribution in [0.25, 0.3) is 0 Å². The van der Waals surface area contributed by atoms with Gasteiger partial charge in [0.1, 0.15) is 0 Å². The number of piperidine rings is 1. The molecule has 1 fully saturated rings. The molecule has 2 rings (SSSR count). The van der Waals surface area contributed by atoms with Crippen molar-refractivity contribution in [1.82, 2.24) is 15.2 Å². The Hall–Kier alpha value is -1.27. The van der Waals surface area contributed by atoms with Gasteiger partial charge in [0, 0.05) is 24.9 Å². The fraction of sp³-hybridized carbons (Fsp3) is 0.545. The van der Waals surface area contributed by atoms with Crippen LogP contribution in [0.3, 0.4) is 0 Å². The average Bonchev–Trinajstić information content (AvgIpc) is 2.71. The first-order valence-electron chi connectivity index (χ1n) is 5.52. The van der Waals surface area contributed by atoms with Crippen LogP contribution in [-0.2, 0) is 16.1 Å². The van der Waals surface area contributed by atoms with Gasteiger partial charge in [-0.3, -0.25) is 14.5 Å². The number of hydrogen-bond acceptors (Lipinski definition) is 5. The van der Waals surface area contributed by atoms with E-state index in [1.54, 1.807) is 16.8 Å². The third kappa shape index (κ3) is 2.53. The molecule has 2 amide bonds. The zero-order valence-electron chi connectivity index (χ0n) is 9.90. The van der Waals surface area contributed by atoms with Gasteiger partial charge in [-0.1, -0.05) is 0 Å². The van der Waals surface area contributed by atoms with Crippen molar-refractivity contribution in [3.05, 3.63) is 16.1 Å². The lowest BCUT2D eigenvalue weighted by atomic mass is 10.0. The molecule has 0 spiro atoms. The van der Waals surface area contributed by atoms with E-state index in [-0.39, 0.29) is 17.9 Å². The first-order chi connectivity index (χ1) is 8.09. The van der Waals surface area contributed by atoms with E-state index in [1.165, 1.54) is 11.9 Å². The Balaban J connectivity index is 1.94. The molecule has 0 radical (unpaired) electrons. The van der Waals surface area contributed by atoms with Gasteiger partial charge in [0.15, 0.2) is 0 Å². The maximum Gasteiger partial charge on any atom is 0.246 e. The van der Waals surface area contributed by atoms with Gasteiger partial charge in [-0.2, -0.15) is 0 Å². The molecule has 1 saturated heterocycles. The van der Waals surface area contributed by atoms with E-state index >= 15 is 0 Å². The number of thiazole rings is 1. The summed E-state index contributed by atoms with van der Waals surface area (Å²) in [6.45, 7) is 2.58. The summed E-state index contributed by atoms with van der Waals surface area (Å²) in [5.41, 5.74) is 2.79. The number of carbonyl (C=O) groups is 2. The van der Waals surface area contributed by atoms with Crippen molar-refractivity contribution < 1.29 is 9.59 Å². The van der Waals surface area contributed by atoms with Crippen LogP contribution in [0.5, 0.6) is 0 Å². The Morgan fingerprint density at radius 1 is 1.59 bits per heavy atom. The number of aryl methyl sites for hydroxylation is 1. The number of nitrogens with zero attached hydrogens (tertiary/aromatic N) is 2. The second kappa shape index (κ2) is 4.93. The monoisotopic (exact) mass is 253 g/mol. The van der Waals surface area contributed by atoms with E-state index in [1.807, 2.05) is 6.92 Å². The van der Waals surface area contributed by atoms with Crippen molar-refractivity contribution in [2.24, 2.45) is 0 Å². The largest absolute Gasteiger partial charge is 0.301 e. The van der Waals surface area contributed by atoms with Crippen molar-refractivity contribution in [3.8, 4) is 0 Å². The fourth-order valence-corrected chi connectivity index (χ4v) is 2.54. The highest BCUT2D eigenvalue weighted by Gasteiger charge is 2.31. The zero-order chi connectivity index (χ0) is 12.4. The minimum absolute atomic E-state index is 0.0954. The zero-order valence-corrected chi connectivity index (χ0v) is 10.7. The summed E-state index contributed by atoms with van der Waals surface area (Å²) in [7, 11) is 1.54. The molecule has 0 aromatic carbocycles. The van der Waals surface area contributed by atoms with Crippen molar-refractivity contribution in [2.45, 2.75) is 32.4 Å². The highest BCUT2D eigenvalue weighted by atomic mass is 32.1. The maximum absolute atomic E-state index is 11.8. The molecule has 0 bridgehead atoms. The highest BCUT2D eigenvalue weighted by molar-refractivity contribution is 7.09. The molecular formula is C11H15N3O2S. The van der Waals surface area contributed by atoms with Crippen LogP contribution < -0.4 is 5.32 Å². The van der Waals surface area contributed by atoms with Gasteiger partial charge in [0.25, 0.3) is 0 Å². The number of carbonyl (C=O) groups excluding carboxylic acids is 2. The van der Waals surface area contributed by atoms with Gasteiger partial charge in [-0.05, 0) is 13.3 Å². The molecule has 1 N–H and O–H groups in total. The van der Waals surface area contributed by atoms with Gasteiger partial charge < -0.3 is 5.32 Å². The molecule has 1 aromatic rings. The van der Waals surface area contributed by atoms with Gasteiger partial charge in [0.05, 0.1) is 17.2 Å². The standard InChI is InChI=1S/C11H15N3O2S/c1-7-9(17-6-13-7)5-12-8-3-4-10(15)14(2)11(8)16/h6,8,12H,3-5H2,1-2H3. The number of hydrogen-bond donors (Lipinski definition) is 1. The van der Waals surface area contributed by atoms with Gasteiger partial charge in [0.2, 0.25) is 11.8 Å². The van der Waals surface area contributed by atoms with Crippen LogP contribution >= 0.6 is 11.3 Å².